The molecule has 1 saturated heterocycles. The van der Waals surface area contributed by atoms with E-state index in [-0.39, 0.29) is 22.9 Å². The summed E-state index contributed by atoms with van der Waals surface area (Å²) in [6, 6.07) is 13.0. The Morgan fingerprint density at radius 3 is 2.65 bits per heavy atom. The average molecular weight is 493 g/mol. The Hall–Kier alpha value is -3.68. The van der Waals surface area contributed by atoms with E-state index in [0.29, 0.717) is 27.6 Å². The molecule has 34 heavy (non-hydrogen) atoms. The number of hydrogen-bond acceptors (Lipinski definition) is 5. The van der Waals surface area contributed by atoms with Crippen LogP contribution in [0, 0.1) is 6.92 Å². The highest BCUT2D eigenvalue weighted by molar-refractivity contribution is 6.46. The minimum absolute atomic E-state index is 0.0407. The van der Waals surface area contributed by atoms with E-state index < -0.39 is 17.7 Å². The first-order valence-corrected chi connectivity index (χ1v) is 11.2. The zero-order valence-corrected chi connectivity index (χ0v) is 19.5. The largest absolute Gasteiger partial charge is 0.505 e. The number of carbonyl (C=O) groups is 2. The molecular formula is C25H18Cl2N4O3. The fraction of sp³-hybridized carbons (Fsp3) is 0.120. The number of ketones is 1. The standard InChI is InChI=1S/C25H18Cl2N4O3/c1-14-21(30-10-3-2-6-19(30)29-14)23(32)20-22(16-7-8-17(26)18(27)11-16)31(25(34)24(20)33)13-15-5-4-9-28-12-15/h2-12,22,32H,13H2,1H3. The molecule has 0 aliphatic carbocycles. The Morgan fingerprint density at radius 2 is 1.91 bits per heavy atom. The minimum Gasteiger partial charge on any atom is -0.505 e. The maximum Gasteiger partial charge on any atom is 0.295 e. The molecule has 1 aliphatic rings. The first kappa shape index (κ1) is 22.1. The van der Waals surface area contributed by atoms with Crippen LogP contribution in [0.4, 0.5) is 0 Å². The van der Waals surface area contributed by atoms with Gasteiger partial charge in [0.05, 0.1) is 27.4 Å². The number of aliphatic hydroxyl groups excluding tert-OH is 1. The van der Waals surface area contributed by atoms with E-state index in [1.165, 1.54) is 4.90 Å². The summed E-state index contributed by atoms with van der Waals surface area (Å²) >= 11 is 12.4. The SMILES string of the molecule is Cc1nc2ccccn2c1C(O)=C1C(=O)C(=O)N(Cc2cccnc2)C1c1ccc(Cl)c(Cl)c1. The molecule has 0 saturated carbocycles. The predicted octanol–water partition coefficient (Wildman–Crippen LogP) is 4.97. The molecular weight excluding hydrogens is 475 g/mol. The number of aromatic nitrogens is 3. The number of aryl methyl sites for hydroxylation is 1. The molecule has 1 unspecified atom stereocenters. The number of aliphatic hydroxyl groups is 1. The second-order valence-corrected chi connectivity index (χ2v) is 8.75. The molecule has 3 aromatic heterocycles. The van der Waals surface area contributed by atoms with Gasteiger partial charge in [0.25, 0.3) is 11.7 Å². The van der Waals surface area contributed by atoms with Gasteiger partial charge in [0, 0.05) is 25.1 Å². The van der Waals surface area contributed by atoms with Crippen molar-refractivity contribution in [3.05, 3.63) is 105 Å². The third kappa shape index (κ3) is 3.63. The molecule has 1 fully saturated rings. The summed E-state index contributed by atoms with van der Waals surface area (Å²) in [7, 11) is 0. The quantitative estimate of drug-likeness (QED) is 0.247. The van der Waals surface area contributed by atoms with Crippen LogP contribution in [0.3, 0.4) is 0 Å². The van der Waals surface area contributed by atoms with Crippen LogP contribution >= 0.6 is 23.2 Å². The maximum absolute atomic E-state index is 13.3. The van der Waals surface area contributed by atoms with E-state index in [2.05, 4.69) is 9.97 Å². The number of nitrogens with zero attached hydrogens (tertiary/aromatic N) is 4. The van der Waals surface area contributed by atoms with E-state index in [9.17, 15) is 14.7 Å². The summed E-state index contributed by atoms with van der Waals surface area (Å²) in [5.41, 5.74) is 2.72. The van der Waals surface area contributed by atoms with Gasteiger partial charge >= 0.3 is 0 Å². The first-order chi connectivity index (χ1) is 16.4. The van der Waals surface area contributed by atoms with Crippen LogP contribution < -0.4 is 0 Å². The molecule has 170 valence electrons. The van der Waals surface area contributed by atoms with Crippen molar-refractivity contribution in [2.24, 2.45) is 0 Å². The highest BCUT2D eigenvalue weighted by atomic mass is 35.5. The molecule has 0 radical (unpaired) electrons. The van der Waals surface area contributed by atoms with Crippen LogP contribution in [0.1, 0.15) is 28.6 Å². The Kier molecular flexibility index (Phi) is 5.59. The normalized spacial score (nSPS) is 17.6. The van der Waals surface area contributed by atoms with Crippen molar-refractivity contribution in [1.29, 1.82) is 0 Å². The van der Waals surface area contributed by atoms with Gasteiger partial charge in [-0.25, -0.2) is 4.98 Å². The topological polar surface area (TPSA) is 87.8 Å². The molecule has 1 aliphatic heterocycles. The lowest BCUT2D eigenvalue weighted by molar-refractivity contribution is -0.140. The van der Waals surface area contributed by atoms with Gasteiger partial charge in [-0.05, 0) is 48.4 Å². The minimum atomic E-state index is -0.886. The molecule has 4 aromatic rings. The van der Waals surface area contributed by atoms with Gasteiger partial charge in [-0.1, -0.05) is 41.4 Å². The summed E-state index contributed by atoms with van der Waals surface area (Å²) in [5, 5.41) is 12.1. The Bertz CT molecular complexity index is 1480. The van der Waals surface area contributed by atoms with Crippen LogP contribution in [0.2, 0.25) is 10.0 Å². The number of benzene rings is 1. The summed E-state index contributed by atoms with van der Waals surface area (Å²) in [5.74, 6) is -1.82. The fourth-order valence-electron chi connectivity index (χ4n) is 4.29. The van der Waals surface area contributed by atoms with Crippen LogP contribution in [-0.4, -0.2) is 36.1 Å². The summed E-state index contributed by atoms with van der Waals surface area (Å²) in [4.78, 5) is 36.5. The lowest BCUT2D eigenvalue weighted by atomic mass is 9.96. The van der Waals surface area contributed by atoms with Crippen molar-refractivity contribution in [2.45, 2.75) is 19.5 Å². The number of hydrogen-bond donors (Lipinski definition) is 1. The molecule has 1 N–H and O–H groups in total. The molecule has 1 atom stereocenters. The second-order valence-electron chi connectivity index (χ2n) is 7.94. The Balaban J connectivity index is 1.73. The molecule has 7 nitrogen and oxygen atoms in total. The number of pyridine rings is 2. The molecule has 5 rings (SSSR count). The monoisotopic (exact) mass is 492 g/mol. The number of halogens is 2. The van der Waals surface area contributed by atoms with Gasteiger partial charge in [0.2, 0.25) is 0 Å². The first-order valence-electron chi connectivity index (χ1n) is 10.4. The average Bonchev–Trinajstić information content (AvgIpc) is 3.29. The smallest absolute Gasteiger partial charge is 0.295 e. The maximum atomic E-state index is 13.3. The van der Waals surface area contributed by atoms with Crippen molar-refractivity contribution < 1.29 is 14.7 Å². The van der Waals surface area contributed by atoms with E-state index >= 15 is 0 Å². The number of carbonyl (C=O) groups excluding carboxylic acids is 2. The van der Waals surface area contributed by atoms with Crippen LogP contribution in [0.5, 0.6) is 0 Å². The summed E-state index contributed by atoms with van der Waals surface area (Å²) in [6.07, 6.45) is 4.99. The van der Waals surface area contributed by atoms with Gasteiger partial charge < -0.3 is 10.0 Å². The van der Waals surface area contributed by atoms with Crippen molar-refractivity contribution in [1.82, 2.24) is 19.3 Å². The van der Waals surface area contributed by atoms with Crippen LogP contribution in [0.25, 0.3) is 11.4 Å². The molecule has 0 bridgehead atoms. The van der Waals surface area contributed by atoms with E-state index in [1.807, 2.05) is 12.1 Å². The van der Waals surface area contributed by atoms with Crippen LogP contribution in [0.15, 0.2) is 72.7 Å². The van der Waals surface area contributed by atoms with Gasteiger partial charge in [0.1, 0.15) is 11.3 Å². The fourth-order valence-corrected chi connectivity index (χ4v) is 4.59. The number of Topliss-reactive ketones (excluding diaryl/α,β-unsaturated/α-hetero) is 1. The molecule has 0 spiro atoms. The molecule has 4 heterocycles. The van der Waals surface area contributed by atoms with Gasteiger partial charge in [0.15, 0.2) is 5.76 Å². The predicted molar refractivity (Wildman–Crippen MR) is 128 cm³/mol. The van der Waals surface area contributed by atoms with Crippen molar-refractivity contribution >= 4 is 46.3 Å². The van der Waals surface area contributed by atoms with E-state index in [1.54, 1.807) is 66.3 Å². The van der Waals surface area contributed by atoms with Crippen LogP contribution in [-0.2, 0) is 16.1 Å². The zero-order chi connectivity index (χ0) is 24.0. The molecule has 9 heteroatoms. The number of amides is 1. The summed E-state index contributed by atoms with van der Waals surface area (Å²) in [6.45, 7) is 1.86. The lowest BCUT2D eigenvalue weighted by Crippen LogP contribution is -2.29. The van der Waals surface area contributed by atoms with E-state index in [4.69, 9.17) is 23.2 Å². The number of imidazole rings is 1. The zero-order valence-electron chi connectivity index (χ0n) is 17.9. The van der Waals surface area contributed by atoms with Gasteiger partial charge in [-0.3, -0.25) is 19.0 Å². The van der Waals surface area contributed by atoms with Gasteiger partial charge in [-0.15, -0.1) is 0 Å². The van der Waals surface area contributed by atoms with Gasteiger partial charge in [-0.2, -0.15) is 0 Å². The number of rotatable bonds is 4. The second kappa shape index (κ2) is 8.59. The van der Waals surface area contributed by atoms with Crippen molar-refractivity contribution in [2.75, 3.05) is 0 Å². The molecule has 1 aromatic carbocycles. The highest BCUT2D eigenvalue weighted by Crippen LogP contribution is 2.42. The Labute approximate surface area is 204 Å². The van der Waals surface area contributed by atoms with Crippen molar-refractivity contribution in [3.8, 4) is 0 Å². The third-order valence-corrected chi connectivity index (χ3v) is 6.54. The highest BCUT2D eigenvalue weighted by Gasteiger charge is 2.46. The lowest BCUT2D eigenvalue weighted by Gasteiger charge is -2.25. The molecule has 1 amide bonds. The number of likely N-dealkylation sites (tertiary alicyclic amines) is 1. The van der Waals surface area contributed by atoms with E-state index in [0.717, 1.165) is 5.56 Å². The number of fused-ring (bicyclic) bond motifs is 1. The Morgan fingerprint density at radius 1 is 1.09 bits per heavy atom. The third-order valence-electron chi connectivity index (χ3n) is 5.80. The van der Waals surface area contributed by atoms with Crippen molar-refractivity contribution in [3.63, 3.8) is 0 Å². The summed E-state index contributed by atoms with van der Waals surface area (Å²) < 4.78 is 1.69.